The maximum Gasteiger partial charge on any atom is 0.330 e. The summed E-state index contributed by atoms with van der Waals surface area (Å²) < 4.78 is 0. The zero-order chi connectivity index (χ0) is 15.0. The Morgan fingerprint density at radius 2 is 2.05 bits per heavy atom. The Morgan fingerprint density at radius 1 is 1.40 bits per heavy atom. The molecule has 6 heteroatoms. The molecule has 1 atom stereocenters. The van der Waals surface area contributed by atoms with Crippen LogP contribution < -0.4 is 10.6 Å². The van der Waals surface area contributed by atoms with E-state index < -0.39 is 12.0 Å². The van der Waals surface area contributed by atoms with Gasteiger partial charge in [0.05, 0.1) is 0 Å². The lowest BCUT2D eigenvalue weighted by Crippen LogP contribution is -2.46. The number of nitrogens with zero attached hydrogens (tertiary/aromatic N) is 1. The molecule has 20 heavy (non-hydrogen) atoms. The first-order valence-electron chi connectivity index (χ1n) is 6.56. The van der Waals surface area contributed by atoms with Gasteiger partial charge in [0, 0.05) is 0 Å². The summed E-state index contributed by atoms with van der Waals surface area (Å²) in [6.45, 7) is 2.03. The summed E-state index contributed by atoms with van der Waals surface area (Å²) in [5, 5.41) is 18.2. The molecule has 0 aliphatic rings. The van der Waals surface area contributed by atoms with Crippen LogP contribution in [0.2, 0.25) is 0 Å². The number of hydrogen-bond donors (Lipinski definition) is 3. The topological polar surface area (TPSA) is 99.6 Å². The van der Waals surface area contributed by atoms with Gasteiger partial charge in [-0.1, -0.05) is 18.2 Å². The van der Waals surface area contributed by atoms with Gasteiger partial charge in [-0.25, -0.2) is 4.79 Å². The maximum atomic E-state index is 11.4. The third-order valence-electron chi connectivity index (χ3n) is 2.78. The molecule has 0 aliphatic carbocycles. The second kappa shape index (κ2) is 8.16. The molecule has 0 radical (unpaired) electrons. The zero-order valence-corrected chi connectivity index (χ0v) is 11.6. The first-order valence-corrected chi connectivity index (χ1v) is 6.56. The molecule has 1 aromatic rings. The summed E-state index contributed by atoms with van der Waals surface area (Å²) in [6.07, 6.45) is 1.81. The average Bonchev–Trinajstić information content (AvgIpc) is 2.42. The van der Waals surface area contributed by atoms with Gasteiger partial charge in [0.25, 0.3) is 0 Å². The Hall–Kier alpha value is -2.08. The van der Waals surface area contributed by atoms with Gasteiger partial charge in [0.1, 0.15) is 5.84 Å². The molecule has 0 aliphatic heterocycles. The molecule has 0 fully saturated rings. The number of para-hydroxylation sites is 1. The van der Waals surface area contributed by atoms with Crippen molar-refractivity contribution in [3.05, 3.63) is 30.3 Å². The fraction of sp³-hybridized carbons (Fsp3) is 0.429. The molecular formula is C14H21N3O3. The van der Waals surface area contributed by atoms with E-state index in [4.69, 9.17) is 16.0 Å². The summed E-state index contributed by atoms with van der Waals surface area (Å²) >= 11 is 0. The van der Waals surface area contributed by atoms with Crippen molar-refractivity contribution < 1.29 is 14.7 Å². The van der Waals surface area contributed by atoms with Crippen LogP contribution in [0.15, 0.2) is 30.3 Å². The zero-order valence-electron chi connectivity index (χ0n) is 11.6. The van der Waals surface area contributed by atoms with Crippen molar-refractivity contribution in [3.8, 4) is 5.75 Å². The highest BCUT2D eigenvalue weighted by atomic mass is 16.7. The molecule has 0 heterocycles. The van der Waals surface area contributed by atoms with Crippen LogP contribution in [0.3, 0.4) is 0 Å². The average molecular weight is 279 g/mol. The number of carboxylic acid groups (broad SMARTS) is 1. The number of unbranched alkanes of at least 4 members (excludes halogenated alkanes) is 1. The monoisotopic (exact) mass is 279 g/mol. The Labute approximate surface area is 118 Å². The number of hydrogen-bond acceptors (Lipinski definition) is 4. The predicted molar refractivity (Wildman–Crippen MR) is 76.6 cm³/mol. The van der Waals surface area contributed by atoms with E-state index in [2.05, 4.69) is 0 Å². The van der Waals surface area contributed by atoms with E-state index in [9.17, 15) is 9.90 Å². The Balaban J connectivity index is 2.80. The van der Waals surface area contributed by atoms with Crippen molar-refractivity contribution in [3.63, 3.8) is 0 Å². The quantitative estimate of drug-likeness (QED) is 0.292. The van der Waals surface area contributed by atoms with Crippen molar-refractivity contribution in [1.82, 2.24) is 5.06 Å². The minimum atomic E-state index is -1.01. The Kier molecular flexibility index (Phi) is 6.52. The second-order valence-corrected chi connectivity index (χ2v) is 4.45. The number of carbonyl (C=O) groups is 1. The van der Waals surface area contributed by atoms with Crippen molar-refractivity contribution in [2.24, 2.45) is 5.73 Å². The van der Waals surface area contributed by atoms with Crippen LogP contribution in [-0.4, -0.2) is 34.6 Å². The molecule has 6 nitrogen and oxygen atoms in total. The van der Waals surface area contributed by atoms with Crippen LogP contribution in [0.1, 0.15) is 26.2 Å². The number of amidine groups is 1. The number of aliphatic carboxylic acids is 1. The minimum absolute atomic E-state index is 0.0500. The highest BCUT2D eigenvalue weighted by molar-refractivity contribution is 5.83. The van der Waals surface area contributed by atoms with E-state index in [1.54, 1.807) is 24.3 Å². The number of benzene rings is 1. The van der Waals surface area contributed by atoms with E-state index in [1.165, 1.54) is 6.92 Å². The van der Waals surface area contributed by atoms with Gasteiger partial charge in [-0.3, -0.25) is 5.41 Å². The van der Waals surface area contributed by atoms with Crippen molar-refractivity contribution in [2.75, 3.05) is 6.54 Å². The number of hydroxylamine groups is 2. The predicted octanol–water partition coefficient (Wildman–Crippen LogP) is 1.86. The number of rotatable bonds is 8. The number of nitrogens with two attached hydrogens (primary N) is 1. The standard InChI is InChI=1S/C14H21N3O3/c1-11(16)17(20-12-7-3-2-4-8-12)13(14(18)19)9-5-6-10-15/h2-4,7-8,13,16H,5-6,9-10,15H2,1H3,(H,18,19)/t13-/m0/s1. The normalized spacial score (nSPS) is 11.7. The smallest absolute Gasteiger partial charge is 0.330 e. The fourth-order valence-corrected chi connectivity index (χ4v) is 1.78. The molecule has 0 saturated heterocycles. The molecule has 0 saturated carbocycles. The van der Waals surface area contributed by atoms with Crippen LogP contribution in [-0.2, 0) is 4.79 Å². The summed E-state index contributed by atoms with van der Waals surface area (Å²) in [5.41, 5.74) is 5.42. The Bertz CT molecular complexity index is 437. The van der Waals surface area contributed by atoms with E-state index in [1.807, 2.05) is 6.07 Å². The van der Waals surface area contributed by atoms with Crippen LogP contribution in [0, 0.1) is 5.41 Å². The molecule has 1 rings (SSSR count). The minimum Gasteiger partial charge on any atom is -0.480 e. The molecule has 0 unspecified atom stereocenters. The van der Waals surface area contributed by atoms with Gasteiger partial charge in [-0.15, -0.1) is 0 Å². The van der Waals surface area contributed by atoms with Crippen molar-refractivity contribution >= 4 is 11.8 Å². The van der Waals surface area contributed by atoms with Gasteiger partial charge >= 0.3 is 5.97 Å². The molecule has 4 N–H and O–H groups in total. The van der Waals surface area contributed by atoms with Crippen LogP contribution >= 0.6 is 0 Å². The van der Waals surface area contributed by atoms with Gasteiger partial charge in [0.2, 0.25) is 0 Å². The molecule has 1 aromatic carbocycles. The van der Waals surface area contributed by atoms with E-state index in [-0.39, 0.29) is 5.84 Å². The van der Waals surface area contributed by atoms with Crippen LogP contribution in [0.4, 0.5) is 0 Å². The van der Waals surface area contributed by atoms with Crippen molar-refractivity contribution in [1.29, 1.82) is 5.41 Å². The second-order valence-electron chi connectivity index (χ2n) is 4.45. The third kappa shape index (κ3) is 4.89. The Morgan fingerprint density at radius 3 is 2.55 bits per heavy atom. The summed E-state index contributed by atoms with van der Waals surface area (Å²) in [4.78, 5) is 16.9. The van der Waals surface area contributed by atoms with Gasteiger partial charge in [-0.05, 0) is 44.9 Å². The lowest BCUT2D eigenvalue weighted by atomic mass is 10.1. The van der Waals surface area contributed by atoms with E-state index in [0.29, 0.717) is 25.1 Å². The molecule has 0 spiro atoms. The first-order chi connectivity index (χ1) is 9.56. The molecular weight excluding hydrogens is 258 g/mol. The summed E-state index contributed by atoms with van der Waals surface area (Å²) in [5.74, 6) is -0.456. The molecule has 0 bridgehead atoms. The third-order valence-corrected chi connectivity index (χ3v) is 2.78. The maximum absolute atomic E-state index is 11.4. The molecule has 110 valence electrons. The van der Waals surface area contributed by atoms with E-state index >= 15 is 0 Å². The highest BCUT2D eigenvalue weighted by Gasteiger charge is 2.27. The SMILES string of the molecule is CC(=N)N(Oc1ccccc1)[C@@H](CCCCN)C(=O)O. The fourth-order valence-electron chi connectivity index (χ4n) is 1.78. The lowest BCUT2D eigenvalue weighted by molar-refractivity contribution is -0.151. The van der Waals surface area contributed by atoms with Gasteiger partial charge < -0.3 is 15.7 Å². The number of carboxylic acids is 1. The lowest BCUT2D eigenvalue weighted by Gasteiger charge is -2.28. The van der Waals surface area contributed by atoms with Crippen molar-refractivity contribution in [2.45, 2.75) is 32.2 Å². The largest absolute Gasteiger partial charge is 0.480 e. The molecule has 0 aromatic heterocycles. The van der Waals surface area contributed by atoms with Gasteiger partial charge in [0.15, 0.2) is 11.8 Å². The highest BCUT2D eigenvalue weighted by Crippen LogP contribution is 2.16. The first kappa shape index (κ1) is 16.0. The molecule has 0 amide bonds. The van der Waals surface area contributed by atoms with E-state index in [0.717, 1.165) is 11.5 Å². The van der Waals surface area contributed by atoms with Gasteiger partial charge in [-0.2, -0.15) is 5.06 Å². The number of nitrogens with one attached hydrogen (secondary N) is 1. The summed E-state index contributed by atoms with van der Waals surface area (Å²) in [7, 11) is 0. The van der Waals surface area contributed by atoms with Crippen LogP contribution in [0.25, 0.3) is 0 Å². The summed E-state index contributed by atoms with van der Waals surface area (Å²) in [6, 6.07) is 7.96. The van der Waals surface area contributed by atoms with Crippen LogP contribution in [0.5, 0.6) is 5.75 Å².